The van der Waals surface area contributed by atoms with Crippen LogP contribution in [0.5, 0.6) is 0 Å². The molecule has 0 bridgehead atoms. The van der Waals surface area contributed by atoms with Crippen LogP contribution in [0.3, 0.4) is 0 Å². The Morgan fingerprint density at radius 2 is 2.26 bits per heavy atom. The van der Waals surface area contributed by atoms with Crippen molar-refractivity contribution in [1.82, 2.24) is 9.88 Å². The SMILES string of the molecule is CCOC(=O)c1csc(N(C)C2CCN(C)CC2)n1. The maximum Gasteiger partial charge on any atom is 0.357 e. The second-order valence-electron chi connectivity index (χ2n) is 4.88. The fourth-order valence-electron chi connectivity index (χ4n) is 2.26. The van der Waals surface area contributed by atoms with E-state index in [1.807, 2.05) is 0 Å². The molecule has 0 radical (unpaired) electrons. The monoisotopic (exact) mass is 283 g/mol. The van der Waals surface area contributed by atoms with Gasteiger partial charge in [-0.15, -0.1) is 11.3 Å². The molecule has 0 spiro atoms. The number of thiazole rings is 1. The summed E-state index contributed by atoms with van der Waals surface area (Å²) < 4.78 is 4.96. The fraction of sp³-hybridized carbons (Fsp3) is 0.692. The van der Waals surface area contributed by atoms with Crippen molar-refractivity contribution in [2.45, 2.75) is 25.8 Å². The van der Waals surface area contributed by atoms with Crippen molar-refractivity contribution < 1.29 is 9.53 Å². The van der Waals surface area contributed by atoms with Crippen molar-refractivity contribution in [3.8, 4) is 0 Å². The van der Waals surface area contributed by atoms with Crippen molar-refractivity contribution in [1.29, 1.82) is 0 Å². The average molecular weight is 283 g/mol. The maximum absolute atomic E-state index is 11.6. The van der Waals surface area contributed by atoms with Crippen molar-refractivity contribution in [2.75, 3.05) is 38.7 Å². The molecule has 106 valence electrons. The van der Waals surface area contributed by atoms with Gasteiger partial charge in [-0.05, 0) is 39.9 Å². The molecule has 6 heteroatoms. The Bertz CT molecular complexity index is 427. The molecule has 1 aliphatic rings. The Balaban J connectivity index is 1.99. The van der Waals surface area contributed by atoms with Crippen LogP contribution in [-0.4, -0.2) is 55.7 Å². The summed E-state index contributed by atoms with van der Waals surface area (Å²) in [6.45, 7) is 4.42. The van der Waals surface area contributed by atoms with Crippen molar-refractivity contribution in [2.24, 2.45) is 0 Å². The van der Waals surface area contributed by atoms with Crippen LogP contribution in [0.2, 0.25) is 0 Å². The predicted molar refractivity (Wildman–Crippen MR) is 77.0 cm³/mol. The molecule has 0 unspecified atom stereocenters. The first-order valence-corrected chi connectivity index (χ1v) is 7.53. The summed E-state index contributed by atoms with van der Waals surface area (Å²) in [6, 6.07) is 0.511. The molecule has 0 N–H and O–H groups in total. The number of carbonyl (C=O) groups excluding carboxylic acids is 1. The minimum Gasteiger partial charge on any atom is -0.461 e. The number of esters is 1. The van der Waals surface area contributed by atoms with Crippen molar-refractivity contribution >= 4 is 22.4 Å². The van der Waals surface area contributed by atoms with E-state index in [1.54, 1.807) is 12.3 Å². The van der Waals surface area contributed by atoms with Gasteiger partial charge in [-0.1, -0.05) is 0 Å². The van der Waals surface area contributed by atoms with E-state index in [-0.39, 0.29) is 5.97 Å². The van der Waals surface area contributed by atoms with Crippen LogP contribution in [0.1, 0.15) is 30.3 Å². The molecule has 1 saturated heterocycles. The summed E-state index contributed by atoms with van der Waals surface area (Å²) in [6.07, 6.45) is 2.28. The van der Waals surface area contributed by atoms with E-state index in [0.29, 0.717) is 18.3 Å². The summed E-state index contributed by atoms with van der Waals surface area (Å²) in [7, 11) is 4.21. The number of hydrogen-bond acceptors (Lipinski definition) is 6. The van der Waals surface area contributed by atoms with Crippen LogP contribution in [-0.2, 0) is 4.74 Å². The zero-order chi connectivity index (χ0) is 13.8. The number of ether oxygens (including phenoxy) is 1. The molecule has 1 aromatic rings. The largest absolute Gasteiger partial charge is 0.461 e. The molecule has 1 aliphatic heterocycles. The summed E-state index contributed by atoms with van der Waals surface area (Å²) in [5, 5.41) is 2.68. The highest BCUT2D eigenvalue weighted by Crippen LogP contribution is 2.25. The molecule has 2 heterocycles. The fourth-order valence-corrected chi connectivity index (χ4v) is 3.10. The van der Waals surface area contributed by atoms with Gasteiger partial charge in [-0.25, -0.2) is 9.78 Å². The Kier molecular flexibility index (Phi) is 4.76. The minimum absolute atomic E-state index is 0.332. The van der Waals surface area contributed by atoms with Crippen LogP contribution in [0.4, 0.5) is 5.13 Å². The van der Waals surface area contributed by atoms with Crippen LogP contribution in [0.25, 0.3) is 0 Å². The molecule has 0 aromatic carbocycles. The van der Waals surface area contributed by atoms with E-state index < -0.39 is 0 Å². The Morgan fingerprint density at radius 1 is 1.58 bits per heavy atom. The lowest BCUT2D eigenvalue weighted by atomic mass is 10.0. The first-order chi connectivity index (χ1) is 9.11. The van der Waals surface area contributed by atoms with Gasteiger partial charge < -0.3 is 14.5 Å². The number of piperidine rings is 1. The van der Waals surface area contributed by atoms with Gasteiger partial charge in [0.1, 0.15) is 0 Å². The van der Waals surface area contributed by atoms with Crippen LogP contribution < -0.4 is 4.90 Å². The lowest BCUT2D eigenvalue weighted by Gasteiger charge is -2.34. The first kappa shape index (κ1) is 14.3. The molecule has 0 atom stereocenters. The predicted octanol–water partition coefficient (Wildman–Crippen LogP) is 1.85. The second-order valence-corrected chi connectivity index (χ2v) is 5.72. The van der Waals surface area contributed by atoms with Gasteiger partial charge in [0.05, 0.1) is 6.61 Å². The number of aromatic nitrogens is 1. The van der Waals surface area contributed by atoms with E-state index >= 15 is 0 Å². The highest BCUT2D eigenvalue weighted by molar-refractivity contribution is 7.13. The molecule has 0 aliphatic carbocycles. The molecular weight excluding hydrogens is 262 g/mol. The molecule has 1 aromatic heterocycles. The number of rotatable bonds is 4. The molecular formula is C13H21N3O2S. The molecule has 2 rings (SSSR count). The van der Waals surface area contributed by atoms with E-state index in [2.05, 4.69) is 28.9 Å². The smallest absolute Gasteiger partial charge is 0.357 e. The van der Waals surface area contributed by atoms with Gasteiger partial charge in [-0.2, -0.15) is 0 Å². The molecule has 0 saturated carbocycles. The quantitative estimate of drug-likeness (QED) is 0.789. The van der Waals surface area contributed by atoms with Gasteiger partial charge in [0.2, 0.25) is 0 Å². The third-order valence-corrected chi connectivity index (χ3v) is 4.45. The zero-order valence-electron chi connectivity index (χ0n) is 11.8. The Morgan fingerprint density at radius 3 is 2.89 bits per heavy atom. The molecule has 5 nitrogen and oxygen atoms in total. The summed E-state index contributed by atoms with van der Waals surface area (Å²) in [5.74, 6) is -0.332. The third-order valence-electron chi connectivity index (χ3n) is 3.51. The van der Waals surface area contributed by atoms with E-state index in [4.69, 9.17) is 4.74 Å². The average Bonchev–Trinajstić information content (AvgIpc) is 2.89. The summed E-state index contributed by atoms with van der Waals surface area (Å²) in [5.41, 5.74) is 0.418. The number of nitrogens with zero attached hydrogens (tertiary/aromatic N) is 3. The highest BCUT2D eigenvalue weighted by atomic mass is 32.1. The van der Waals surface area contributed by atoms with Gasteiger partial charge in [0, 0.05) is 18.5 Å². The van der Waals surface area contributed by atoms with E-state index in [9.17, 15) is 4.79 Å². The summed E-state index contributed by atoms with van der Waals surface area (Å²) >= 11 is 1.51. The Hall–Kier alpha value is -1.14. The third kappa shape index (κ3) is 3.45. The van der Waals surface area contributed by atoms with Crippen LogP contribution in [0.15, 0.2) is 5.38 Å². The van der Waals surface area contributed by atoms with Gasteiger partial charge in [0.15, 0.2) is 10.8 Å². The molecule has 1 fully saturated rings. The highest BCUT2D eigenvalue weighted by Gasteiger charge is 2.23. The standard InChI is InChI=1S/C13H21N3O2S/c1-4-18-12(17)11-9-19-13(14-11)16(3)10-5-7-15(2)8-6-10/h9-10H,4-8H2,1-3H3. The van der Waals surface area contributed by atoms with E-state index in [1.165, 1.54) is 11.3 Å². The summed E-state index contributed by atoms with van der Waals surface area (Å²) in [4.78, 5) is 20.5. The first-order valence-electron chi connectivity index (χ1n) is 6.65. The lowest BCUT2D eigenvalue weighted by Crippen LogP contribution is -2.42. The van der Waals surface area contributed by atoms with Crippen molar-refractivity contribution in [3.63, 3.8) is 0 Å². The van der Waals surface area contributed by atoms with Gasteiger partial charge in [-0.3, -0.25) is 0 Å². The number of carbonyl (C=O) groups is 1. The minimum atomic E-state index is -0.332. The van der Waals surface area contributed by atoms with Gasteiger partial charge in [0.25, 0.3) is 0 Å². The lowest BCUT2D eigenvalue weighted by molar-refractivity contribution is 0.0520. The normalized spacial score (nSPS) is 17.4. The number of hydrogen-bond donors (Lipinski definition) is 0. The van der Waals surface area contributed by atoms with E-state index in [0.717, 1.165) is 31.1 Å². The topological polar surface area (TPSA) is 45.7 Å². The maximum atomic E-state index is 11.6. The van der Waals surface area contributed by atoms with Crippen LogP contribution >= 0.6 is 11.3 Å². The number of anilines is 1. The number of likely N-dealkylation sites (tertiary alicyclic amines) is 1. The van der Waals surface area contributed by atoms with Crippen LogP contribution in [0, 0.1) is 0 Å². The molecule has 0 amide bonds. The zero-order valence-corrected chi connectivity index (χ0v) is 12.6. The molecule has 19 heavy (non-hydrogen) atoms. The van der Waals surface area contributed by atoms with Gasteiger partial charge >= 0.3 is 5.97 Å². The second kappa shape index (κ2) is 6.34. The Labute approximate surface area is 118 Å². The van der Waals surface area contributed by atoms with Crippen molar-refractivity contribution in [3.05, 3.63) is 11.1 Å².